The lowest BCUT2D eigenvalue weighted by Crippen LogP contribution is -2.38. The van der Waals surface area contributed by atoms with Crippen molar-refractivity contribution in [3.63, 3.8) is 0 Å². The molecular weight excluding hydrogens is 244 g/mol. The number of nitrogens with one attached hydrogen (secondary N) is 2. The summed E-state index contributed by atoms with van der Waals surface area (Å²) in [6, 6.07) is 2.28. The molecule has 5 heteroatoms. The molecule has 0 aliphatic heterocycles. The molecule has 1 heterocycles. The van der Waals surface area contributed by atoms with Crippen molar-refractivity contribution in [2.45, 2.75) is 51.0 Å². The van der Waals surface area contributed by atoms with Crippen LogP contribution in [0.4, 0.5) is 5.95 Å². The number of hydrogen-bond donors (Lipinski definition) is 2. The Balaban J connectivity index is 1.79. The minimum absolute atomic E-state index is 0.494. The third-order valence-electron chi connectivity index (χ3n) is 3.23. The van der Waals surface area contributed by atoms with Crippen molar-refractivity contribution in [1.82, 2.24) is 15.3 Å². The Labute approximate surface area is 114 Å². The van der Waals surface area contributed by atoms with Crippen LogP contribution in [-0.4, -0.2) is 21.1 Å². The molecule has 2 rings (SSSR count). The van der Waals surface area contributed by atoms with Gasteiger partial charge in [0.05, 0.1) is 0 Å². The predicted molar refractivity (Wildman–Crippen MR) is 77.5 cm³/mol. The van der Waals surface area contributed by atoms with E-state index in [2.05, 4.69) is 20.6 Å². The minimum Gasteiger partial charge on any atom is -0.360 e. The molecule has 0 unspecified atom stereocenters. The molecule has 1 aliphatic carbocycles. The zero-order valence-electron chi connectivity index (χ0n) is 10.6. The average Bonchev–Trinajstić information content (AvgIpc) is 2.34. The highest BCUT2D eigenvalue weighted by atomic mass is 32.1. The quantitative estimate of drug-likeness (QED) is 0.804. The van der Waals surface area contributed by atoms with Gasteiger partial charge in [-0.15, -0.1) is 0 Å². The summed E-state index contributed by atoms with van der Waals surface area (Å²) >= 11 is 5.29. The van der Waals surface area contributed by atoms with Crippen LogP contribution in [0.5, 0.6) is 0 Å². The predicted octanol–water partition coefficient (Wildman–Crippen LogP) is 2.88. The summed E-state index contributed by atoms with van der Waals surface area (Å²) in [6.45, 7) is 0. The molecule has 0 bridgehead atoms. The van der Waals surface area contributed by atoms with Gasteiger partial charge in [0.2, 0.25) is 5.95 Å². The zero-order valence-corrected chi connectivity index (χ0v) is 11.4. The first-order valence-electron chi connectivity index (χ1n) is 6.69. The third-order valence-corrected chi connectivity index (χ3v) is 3.45. The van der Waals surface area contributed by atoms with Crippen LogP contribution in [0.1, 0.15) is 44.9 Å². The van der Waals surface area contributed by atoms with Crippen molar-refractivity contribution >= 4 is 23.3 Å². The molecule has 0 atom stereocenters. The largest absolute Gasteiger partial charge is 0.360 e. The Morgan fingerprint density at radius 2 is 1.67 bits per heavy atom. The molecule has 1 aromatic rings. The van der Waals surface area contributed by atoms with Crippen LogP contribution in [0.25, 0.3) is 0 Å². The van der Waals surface area contributed by atoms with E-state index in [9.17, 15) is 0 Å². The maximum Gasteiger partial charge on any atom is 0.228 e. The Morgan fingerprint density at radius 3 is 2.33 bits per heavy atom. The van der Waals surface area contributed by atoms with Crippen LogP contribution in [-0.2, 0) is 0 Å². The van der Waals surface area contributed by atoms with E-state index in [4.69, 9.17) is 12.2 Å². The van der Waals surface area contributed by atoms with Crippen LogP contribution in [0.2, 0.25) is 0 Å². The van der Waals surface area contributed by atoms with Gasteiger partial charge in [0.15, 0.2) is 5.11 Å². The van der Waals surface area contributed by atoms with Gasteiger partial charge in [-0.1, -0.05) is 32.1 Å². The normalized spacial score (nSPS) is 17.6. The van der Waals surface area contributed by atoms with Gasteiger partial charge < -0.3 is 10.6 Å². The lowest BCUT2D eigenvalue weighted by Gasteiger charge is -2.22. The van der Waals surface area contributed by atoms with E-state index in [0.717, 1.165) is 0 Å². The highest BCUT2D eigenvalue weighted by Gasteiger charge is 2.12. The highest BCUT2D eigenvalue weighted by molar-refractivity contribution is 7.80. The fourth-order valence-electron chi connectivity index (χ4n) is 2.29. The molecule has 0 saturated heterocycles. The fraction of sp³-hybridized carbons (Fsp3) is 0.615. The summed E-state index contributed by atoms with van der Waals surface area (Å²) in [5.74, 6) is 0.556. The first-order valence-corrected chi connectivity index (χ1v) is 7.10. The van der Waals surface area contributed by atoms with Gasteiger partial charge in [-0.2, -0.15) is 0 Å². The maximum atomic E-state index is 5.29. The molecule has 4 nitrogen and oxygen atoms in total. The van der Waals surface area contributed by atoms with E-state index < -0.39 is 0 Å². The molecule has 1 fully saturated rings. The summed E-state index contributed by atoms with van der Waals surface area (Å²) in [5, 5.41) is 7.03. The molecule has 0 aromatic carbocycles. The molecule has 1 aliphatic rings. The fourth-order valence-corrected chi connectivity index (χ4v) is 2.55. The number of thiocarbonyl (C=S) groups is 1. The number of anilines is 1. The van der Waals surface area contributed by atoms with E-state index in [0.29, 0.717) is 17.1 Å². The number of nitrogens with zero attached hydrogens (tertiary/aromatic N) is 2. The lowest BCUT2D eigenvalue weighted by atomic mass is 9.97. The molecule has 0 amide bonds. The van der Waals surface area contributed by atoms with Gasteiger partial charge in [0.1, 0.15) is 0 Å². The van der Waals surface area contributed by atoms with E-state index in [1.54, 1.807) is 18.5 Å². The summed E-state index contributed by atoms with van der Waals surface area (Å²) in [5.41, 5.74) is 0. The monoisotopic (exact) mass is 264 g/mol. The van der Waals surface area contributed by atoms with Gasteiger partial charge in [0, 0.05) is 18.4 Å². The Morgan fingerprint density at radius 1 is 1.06 bits per heavy atom. The smallest absolute Gasteiger partial charge is 0.228 e. The summed E-state index contributed by atoms with van der Waals surface area (Å²) < 4.78 is 0. The Kier molecular flexibility index (Phi) is 5.33. The highest BCUT2D eigenvalue weighted by Crippen LogP contribution is 2.17. The average molecular weight is 264 g/mol. The lowest BCUT2D eigenvalue weighted by molar-refractivity contribution is 0.429. The van der Waals surface area contributed by atoms with Crippen molar-refractivity contribution in [2.75, 3.05) is 5.32 Å². The standard InChI is InChI=1S/C13H20N4S/c18-13(17-12-14-9-6-10-15-12)16-11-7-4-2-1-3-5-8-11/h6,9-11H,1-5,7-8H2,(H2,14,15,16,17,18). The van der Waals surface area contributed by atoms with Crippen molar-refractivity contribution in [1.29, 1.82) is 0 Å². The SMILES string of the molecule is S=C(Nc1ncccn1)NC1CCCCCCC1. The maximum absolute atomic E-state index is 5.29. The number of rotatable bonds is 2. The molecular formula is C13H20N4S. The summed E-state index contributed by atoms with van der Waals surface area (Å²) in [6.07, 6.45) is 12.5. The van der Waals surface area contributed by atoms with E-state index in [1.807, 2.05) is 0 Å². The van der Waals surface area contributed by atoms with E-state index in [-0.39, 0.29) is 0 Å². The third kappa shape index (κ3) is 4.56. The first-order chi connectivity index (χ1) is 8.84. The van der Waals surface area contributed by atoms with Crippen LogP contribution >= 0.6 is 12.2 Å². The van der Waals surface area contributed by atoms with Crippen LogP contribution in [0.3, 0.4) is 0 Å². The second kappa shape index (κ2) is 7.26. The van der Waals surface area contributed by atoms with E-state index >= 15 is 0 Å². The molecule has 0 radical (unpaired) electrons. The number of hydrogen-bond acceptors (Lipinski definition) is 3. The first kappa shape index (κ1) is 13.2. The van der Waals surface area contributed by atoms with Crippen molar-refractivity contribution in [3.05, 3.63) is 18.5 Å². The van der Waals surface area contributed by atoms with Crippen molar-refractivity contribution in [3.8, 4) is 0 Å². The second-order valence-electron chi connectivity index (χ2n) is 4.71. The molecule has 1 aromatic heterocycles. The Hall–Kier alpha value is -1.23. The van der Waals surface area contributed by atoms with Gasteiger partial charge in [-0.3, -0.25) is 0 Å². The number of aromatic nitrogens is 2. The second-order valence-corrected chi connectivity index (χ2v) is 5.12. The molecule has 18 heavy (non-hydrogen) atoms. The van der Waals surface area contributed by atoms with Crippen LogP contribution < -0.4 is 10.6 Å². The van der Waals surface area contributed by atoms with Crippen LogP contribution in [0.15, 0.2) is 18.5 Å². The molecule has 2 N–H and O–H groups in total. The zero-order chi connectivity index (χ0) is 12.6. The van der Waals surface area contributed by atoms with E-state index in [1.165, 1.54) is 44.9 Å². The minimum atomic E-state index is 0.494. The molecule has 0 spiro atoms. The van der Waals surface area contributed by atoms with Gasteiger partial charge in [-0.05, 0) is 31.1 Å². The van der Waals surface area contributed by atoms with Gasteiger partial charge in [-0.25, -0.2) is 9.97 Å². The summed E-state index contributed by atoms with van der Waals surface area (Å²) in [7, 11) is 0. The van der Waals surface area contributed by atoms with Crippen LogP contribution in [0, 0.1) is 0 Å². The van der Waals surface area contributed by atoms with Gasteiger partial charge in [0.25, 0.3) is 0 Å². The van der Waals surface area contributed by atoms with Crippen molar-refractivity contribution in [2.24, 2.45) is 0 Å². The summed E-state index contributed by atoms with van der Waals surface area (Å²) in [4.78, 5) is 8.19. The van der Waals surface area contributed by atoms with Crippen molar-refractivity contribution < 1.29 is 0 Å². The van der Waals surface area contributed by atoms with Gasteiger partial charge >= 0.3 is 0 Å². The molecule has 98 valence electrons. The molecule has 1 saturated carbocycles. The Bertz CT molecular complexity index is 361. The topological polar surface area (TPSA) is 49.8 Å².